The molecule has 0 radical (unpaired) electrons. The van der Waals surface area contributed by atoms with Crippen LogP contribution in [0.5, 0.6) is 0 Å². The van der Waals surface area contributed by atoms with Crippen LogP contribution in [0.3, 0.4) is 0 Å². The molecule has 9 nitrogen and oxygen atoms in total. The Balaban J connectivity index is 1.89. The molecule has 3 aromatic rings. The average Bonchev–Trinajstić information content (AvgIpc) is 3.03. The molecule has 2 aromatic carbocycles. The number of carbonyl (C=O) groups is 2. The lowest BCUT2D eigenvalue weighted by molar-refractivity contribution is -0.124. The number of sulfone groups is 1. The number of pyridine rings is 1. The maximum Gasteiger partial charge on any atom is 0.253 e. The first-order valence-corrected chi connectivity index (χ1v) is 18.3. The van der Waals surface area contributed by atoms with Crippen LogP contribution in [0.15, 0.2) is 60.8 Å². The van der Waals surface area contributed by atoms with E-state index in [4.69, 9.17) is 11.6 Å². The molecule has 1 heterocycles. The van der Waals surface area contributed by atoms with Gasteiger partial charge in [0.15, 0.2) is 9.84 Å². The highest BCUT2D eigenvalue weighted by atomic mass is 35.5. The number of rotatable bonds is 19. The number of aromatic nitrogens is 1. The van der Waals surface area contributed by atoms with Crippen LogP contribution in [0.4, 0.5) is 8.78 Å². The topological polar surface area (TPSA) is 137 Å². The molecule has 3 rings (SSSR count). The summed E-state index contributed by atoms with van der Waals surface area (Å²) in [6.45, 7) is 6.17. The minimum atomic E-state index is -3.89. The van der Waals surface area contributed by atoms with Gasteiger partial charge in [0.25, 0.3) is 5.91 Å². The number of nitrogens with one attached hydrogen (secondary N) is 3. The van der Waals surface area contributed by atoms with Crippen molar-refractivity contribution in [2.24, 2.45) is 0 Å². The lowest BCUT2D eigenvalue weighted by Gasteiger charge is -2.28. The zero-order valence-corrected chi connectivity index (χ0v) is 29.1. The van der Waals surface area contributed by atoms with Gasteiger partial charge >= 0.3 is 0 Å². The van der Waals surface area contributed by atoms with E-state index in [0.717, 1.165) is 29.7 Å². The summed E-state index contributed by atoms with van der Waals surface area (Å²) in [6, 6.07) is 10.9. The number of benzene rings is 2. The summed E-state index contributed by atoms with van der Waals surface area (Å²) in [5, 5.41) is 19.0. The van der Waals surface area contributed by atoms with Crippen molar-refractivity contribution < 1.29 is 31.9 Å². The Morgan fingerprint density at radius 2 is 1.58 bits per heavy atom. The van der Waals surface area contributed by atoms with E-state index in [-0.39, 0.29) is 29.2 Å². The largest absolute Gasteiger partial charge is 0.390 e. The fourth-order valence-electron chi connectivity index (χ4n) is 5.47. The Morgan fingerprint density at radius 1 is 0.917 bits per heavy atom. The first-order valence-electron chi connectivity index (χ1n) is 16.2. The number of hydrogen-bond donors (Lipinski definition) is 4. The highest BCUT2D eigenvalue weighted by Gasteiger charge is 2.34. The predicted molar refractivity (Wildman–Crippen MR) is 183 cm³/mol. The third-order valence-corrected chi connectivity index (χ3v) is 10.5. The van der Waals surface area contributed by atoms with Gasteiger partial charge in [-0.15, -0.1) is 0 Å². The van der Waals surface area contributed by atoms with Gasteiger partial charge in [0.05, 0.1) is 28.7 Å². The molecular formula is C35H45ClF2N4O5S. The van der Waals surface area contributed by atoms with Gasteiger partial charge in [0.2, 0.25) is 5.91 Å². The fourth-order valence-corrected chi connectivity index (χ4v) is 7.74. The van der Waals surface area contributed by atoms with Gasteiger partial charge in [-0.1, -0.05) is 69.5 Å². The number of halogens is 3. The molecule has 0 fully saturated rings. The Labute approximate surface area is 286 Å². The highest BCUT2D eigenvalue weighted by molar-refractivity contribution is 7.92. The quantitative estimate of drug-likeness (QED) is 0.130. The first-order chi connectivity index (χ1) is 22.8. The van der Waals surface area contributed by atoms with Crippen LogP contribution in [0.25, 0.3) is 0 Å². The van der Waals surface area contributed by atoms with E-state index >= 15 is 0 Å². The van der Waals surface area contributed by atoms with Gasteiger partial charge in [-0.2, -0.15) is 0 Å². The molecule has 262 valence electrons. The number of aliphatic hydroxyl groups excluding tert-OH is 1. The zero-order valence-electron chi connectivity index (χ0n) is 27.5. The molecule has 0 unspecified atom stereocenters. The molecule has 0 aliphatic carbocycles. The van der Waals surface area contributed by atoms with E-state index < -0.39 is 62.5 Å². The van der Waals surface area contributed by atoms with Crippen LogP contribution in [-0.4, -0.2) is 66.1 Å². The summed E-state index contributed by atoms with van der Waals surface area (Å²) >= 11 is 5.85. The molecule has 2 amide bonds. The smallest absolute Gasteiger partial charge is 0.253 e. The van der Waals surface area contributed by atoms with Gasteiger partial charge in [-0.05, 0) is 66.6 Å². The maximum atomic E-state index is 14.1. The third-order valence-electron chi connectivity index (χ3n) is 7.99. The normalized spacial score (nSPS) is 13.6. The van der Waals surface area contributed by atoms with Gasteiger partial charge < -0.3 is 21.1 Å². The van der Waals surface area contributed by atoms with Crippen LogP contribution in [0.1, 0.15) is 73.5 Å². The maximum absolute atomic E-state index is 14.1. The number of amides is 2. The van der Waals surface area contributed by atoms with Crippen LogP contribution < -0.4 is 16.0 Å². The van der Waals surface area contributed by atoms with Crippen LogP contribution in [-0.2, 0) is 34.0 Å². The van der Waals surface area contributed by atoms with Gasteiger partial charge in [0.1, 0.15) is 22.8 Å². The molecule has 13 heteroatoms. The third kappa shape index (κ3) is 12.2. The molecule has 0 saturated carbocycles. The predicted octanol–water partition coefficient (Wildman–Crippen LogP) is 4.94. The van der Waals surface area contributed by atoms with Crippen LogP contribution >= 0.6 is 11.6 Å². The Morgan fingerprint density at radius 3 is 2.19 bits per heavy atom. The average molecular weight is 707 g/mol. The number of carbonyl (C=O) groups excluding carboxylic acids is 2. The first kappa shape index (κ1) is 39.0. The second-order valence-electron chi connectivity index (χ2n) is 11.9. The minimum Gasteiger partial charge on any atom is -0.390 e. The molecular weight excluding hydrogens is 662 g/mol. The van der Waals surface area contributed by atoms with Crippen molar-refractivity contribution in [3.63, 3.8) is 0 Å². The summed E-state index contributed by atoms with van der Waals surface area (Å²) in [5.74, 6) is -3.98. The van der Waals surface area contributed by atoms with Crippen LogP contribution in [0.2, 0.25) is 5.15 Å². The Hall–Kier alpha value is -3.45. The van der Waals surface area contributed by atoms with Gasteiger partial charge in [0, 0.05) is 25.4 Å². The van der Waals surface area contributed by atoms with E-state index in [1.165, 1.54) is 18.3 Å². The summed E-state index contributed by atoms with van der Waals surface area (Å²) in [4.78, 5) is 30.9. The summed E-state index contributed by atoms with van der Waals surface area (Å²) in [5.41, 5.74) is 2.34. The Kier molecular flexibility index (Phi) is 15.4. The van der Waals surface area contributed by atoms with Crippen molar-refractivity contribution in [1.29, 1.82) is 0 Å². The van der Waals surface area contributed by atoms with Crippen molar-refractivity contribution in [3.8, 4) is 0 Å². The van der Waals surface area contributed by atoms with Crippen molar-refractivity contribution in [3.05, 3.63) is 99.8 Å². The second-order valence-corrected chi connectivity index (χ2v) is 14.6. The lowest BCUT2D eigenvalue weighted by atomic mass is 10.00. The van der Waals surface area contributed by atoms with Crippen molar-refractivity contribution in [1.82, 2.24) is 20.9 Å². The molecule has 0 saturated heterocycles. The molecule has 0 aliphatic rings. The summed E-state index contributed by atoms with van der Waals surface area (Å²) in [7, 11) is -3.89. The molecule has 3 atom stereocenters. The van der Waals surface area contributed by atoms with E-state index in [0.29, 0.717) is 38.3 Å². The molecule has 0 bridgehead atoms. The second kappa shape index (κ2) is 18.9. The number of hydrogen-bond acceptors (Lipinski definition) is 7. The van der Waals surface area contributed by atoms with E-state index in [2.05, 4.69) is 20.9 Å². The Bertz CT molecular complexity index is 1580. The zero-order chi connectivity index (χ0) is 35.3. The summed E-state index contributed by atoms with van der Waals surface area (Å²) < 4.78 is 55.4. The van der Waals surface area contributed by atoms with E-state index in [9.17, 15) is 31.9 Å². The fraction of sp³-hybridized carbons (Fsp3) is 0.457. The number of aryl methyl sites for hydroxylation is 1. The number of aliphatic hydroxyl groups is 1. The minimum absolute atomic E-state index is 0.0139. The monoisotopic (exact) mass is 706 g/mol. The van der Waals surface area contributed by atoms with E-state index in [1.54, 1.807) is 0 Å². The van der Waals surface area contributed by atoms with Gasteiger partial charge in [-0.25, -0.2) is 22.2 Å². The highest BCUT2D eigenvalue weighted by Crippen LogP contribution is 2.18. The van der Waals surface area contributed by atoms with Crippen molar-refractivity contribution >= 4 is 33.3 Å². The molecule has 0 aliphatic heterocycles. The lowest BCUT2D eigenvalue weighted by Crippen LogP contribution is -2.57. The number of nitrogens with zero attached hydrogens (tertiary/aromatic N) is 1. The molecule has 4 N–H and O–H groups in total. The van der Waals surface area contributed by atoms with Crippen LogP contribution in [0, 0.1) is 11.6 Å². The molecule has 0 spiro atoms. The van der Waals surface area contributed by atoms with Gasteiger partial charge in [-0.3, -0.25) is 9.59 Å². The van der Waals surface area contributed by atoms with Crippen molar-refractivity contribution in [2.45, 2.75) is 89.3 Å². The molecule has 48 heavy (non-hydrogen) atoms. The summed E-state index contributed by atoms with van der Waals surface area (Å²) in [6.07, 6.45) is 2.60. The van der Waals surface area contributed by atoms with Crippen molar-refractivity contribution in [2.75, 3.05) is 12.3 Å². The SMILES string of the molecule is CCCC(CCC)S(=O)(=O)C[C@H](NC(=O)c1ccc(Cl)nc1)C(=O)N[C@@H](Cc1cc(F)cc(F)c1)[C@H](O)CNCc1cccc(CC)c1. The van der Waals surface area contributed by atoms with E-state index in [1.807, 2.05) is 45.0 Å². The standard InChI is InChI=1S/C35H45ClF2N4O5S/c1-4-8-29(9-5-2)48(46,47)22-31(42-34(44)26-12-13-33(36)40-20-26)35(45)41-30(17-25-15-27(37)18-28(38)16-25)32(43)21-39-19-24-11-7-10-23(6-3)14-24/h7,10-16,18,20,29-32,39,43H,4-6,8-9,17,19,21-22H2,1-3H3,(H,41,45)(H,42,44)/t30-,31-,32+/m0/s1. The molecule has 1 aromatic heterocycles.